The molecule has 0 saturated carbocycles. The Morgan fingerprint density at radius 3 is 2.19 bits per heavy atom. The van der Waals surface area contributed by atoms with Gasteiger partial charge in [0, 0.05) is 18.7 Å². The molecule has 0 N–H and O–H groups in total. The summed E-state index contributed by atoms with van der Waals surface area (Å²) in [6, 6.07) is 4.54. The molecule has 6 heteroatoms. The number of amides is 1. The van der Waals surface area contributed by atoms with E-state index >= 15 is 0 Å². The summed E-state index contributed by atoms with van der Waals surface area (Å²) in [7, 11) is 0. The molecule has 26 heavy (non-hydrogen) atoms. The van der Waals surface area contributed by atoms with Crippen molar-refractivity contribution in [3.63, 3.8) is 0 Å². The van der Waals surface area contributed by atoms with Gasteiger partial charge in [0.25, 0.3) is 5.91 Å². The molecule has 0 radical (unpaired) electrons. The lowest BCUT2D eigenvalue weighted by Gasteiger charge is -2.32. The molecule has 0 aromatic heterocycles. The molecule has 2 fully saturated rings. The molecule has 1 aromatic rings. The molecule has 1 amide bonds. The summed E-state index contributed by atoms with van der Waals surface area (Å²) in [6.45, 7) is 5.06. The molecular weight excluding hydrogens is 341 g/mol. The highest BCUT2D eigenvalue weighted by Gasteiger charge is 2.31. The summed E-state index contributed by atoms with van der Waals surface area (Å²) in [4.78, 5) is 16.8. The van der Waals surface area contributed by atoms with E-state index in [0.717, 1.165) is 25.0 Å². The van der Waals surface area contributed by atoms with E-state index in [1.807, 2.05) is 0 Å². The van der Waals surface area contributed by atoms with E-state index in [1.54, 1.807) is 4.90 Å². The van der Waals surface area contributed by atoms with Crippen molar-refractivity contribution >= 4 is 5.91 Å². The van der Waals surface area contributed by atoms with Crippen LogP contribution >= 0.6 is 0 Å². The SMILES string of the molecule is O=C(c1ccc(C(F)(F)F)cc1)N1CCC(CCCN2CCCC2)CC1. The van der Waals surface area contributed by atoms with Crippen LogP contribution in [0.3, 0.4) is 0 Å². The van der Waals surface area contributed by atoms with Crippen molar-refractivity contribution in [1.29, 1.82) is 0 Å². The zero-order chi connectivity index (χ0) is 18.6. The maximum absolute atomic E-state index is 12.6. The van der Waals surface area contributed by atoms with E-state index in [9.17, 15) is 18.0 Å². The van der Waals surface area contributed by atoms with Crippen LogP contribution in [0, 0.1) is 5.92 Å². The lowest BCUT2D eigenvalue weighted by Crippen LogP contribution is -2.38. The molecule has 0 atom stereocenters. The molecule has 2 saturated heterocycles. The number of likely N-dealkylation sites (tertiary alicyclic amines) is 2. The van der Waals surface area contributed by atoms with Gasteiger partial charge in [0.05, 0.1) is 5.56 Å². The average molecular weight is 368 g/mol. The standard InChI is InChI=1S/C20H27F3N2O/c21-20(22,23)18-7-5-17(6-8-18)19(26)25-14-9-16(10-15-25)4-3-13-24-11-1-2-12-24/h5-8,16H,1-4,9-15H2. The second kappa shape index (κ2) is 8.42. The summed E-state index contributed by atoms with van der Waals surface area (Å²) in [6.07, 6.45) is 2.69. The first-order chi connectivity index (χ1) is 12.4. The van der Waals surface area contributed by atoms with E-state index < -0.39 is 11.7 Å². The highest BCUT2D eigenvalue weighted by molar-refractivity contribution is 5.94. The van der Waals surface area contributed by atoms with Crippen molar-refractivity contribution in [2.75, 3.05) is 32.7 Å². The van der Waals surface area contributed by atoms with Gasteiger partial charge in [-0.25, -0.2) is 0 Å². The fraction of sp³-hybridized carbons (Fsp3) is 0.650. The van der Waals surface area contributed by atoms with Crippen LogP contribution in [0.5, 0.6) is 0 Å². The Kier molecular flexibility index (Phi) is 6.22. The minimum atomic E-state index is -4.37. The number of benzene rings is 1. The molecule has 2 aliphatic heterocycles. The van der Waals surface area contributed by atoms with Gasteiger partial charge < -0.3 is 9.80 Å². The Balaban J connectivity index is 1.43. The van der Waals surface area contributed by atoms with Crippen LogP contribution in [-0.2, 0) is 6.18 Å². The van der Waals surface area contributed by atoms with Crippen LogP contribution in [-0.4, -0.2) is 48.4 Å². The maximum atomic E-state index is 12.6. The van der Waals surface area contributed by atoms with E-state index in [0.29, 0.717) is 24.6 Å². The number of carbonyl (C=O) groups excluding carboxylic acids is 1. The van der Waals surface area contributed by atoms with Gasteiger partial charge in [-0.05, 0) is 88.3 Å². The molecule has 3 nitrogen and oxygen atoms in total. The van der Waals surface area contributed by atoms with Crippen LogP contribution < -0.4 is 0 Å². The zero-order valence-electron chi connectivity index (χ0n) is 15.1. The molecular formula is C20H27F3N2O. The number of rotatable bonds is 5. The van der Waals surface area contributed by atoms with Crippen molar-refractivity contribution < 1.29 is 18.0 Å². The van der Waals surface area contributed by atoms with E-state index in [2.05, 4.69) is 4.90 Å². The van der Waals surface area contributed by atoms with Crippen molar-refractivity contribution in [2.45, 2.75) is 44.7 Å². The largest absolute Gasteiger partial charge is 0.416 e. The Morgan fingerprint density at radius 2 is 1.62 bits per heavy atom. The molecule has 0 unspecified atom stereocenters. The maximum Gasteiger partial charge on any atom is 0.416 e. The van der Waals surface area contributed by atoms with Gasteiger partial charge in [0.1, 0.15) is 0 Å². The van der Waals surface area contributed by atoms with Crippen LogP contribution in [0.1, 0.15) is 54.4 Å². The average Bonchev–Trinajstić information content (AvgIpc) is 3.15. The quantitative estimate of drug-likeness (QED) is 0.767. The Bertz CT molecular complexity index is 586. The Hall–Kier alpha value is -1.56. The van der Waals surface area contributed by atoms with Gasteiger partial charge in [-0.15, -0.1) is 0 Å². The number of hydrogen-bond acceptors (Lipinski definition) is 2. The molecule has 0 aliphatic carbocycles. The molecule has 1 aromatic carbocycles. The normalized spacial score (nSPS) is 19.9. The fourth-order valence-corrected chi connectivity index (χ4v) is 4.02. The smallest absolute Gasteiger partial charge is 0.339 e. The molecule has 144 valence electrons. The van der Waals surface area contributed by atoms with Crippen LogP contribution in [0.4, 0.5) is 13.2 Å². The Morgan fingerprint density at radius 1 is 1.00 bits per heavy atom. The third kappa shape index (κ3) is 5.00. The van der Waals surface area contributed by atoms with Crippen LogP contribution in [0.25, 0.3) is 0 Å². The first kappa shape index (κ1) is 19.2. The Labute approximate surface area is 153 Å². The van der Waals surface area contributed by atoms with Crippen molar-refractivity contribution in [3.05, 3.63) is 35.4 Å². The summed E-state index contributed by atoms with van der Waals surface area (Å²) in [5.74, 6) is 0.503. The zero-order valence-corrected chi connectivity index (χ0v) is 15.1. The third-order valence-corrected chi connectivity index (χ3v) is 5.65. The number of alkyl halides is 3. The number of halogens is 3. The molecule has 0 bridgehead atoms. The lowest BCUT2D eigenvalue weighted by molar-refractivity contribution is -0.137. The van der Waals surface area contributed by atoms with Gasteiger partial charge in [-0.1, -0.05) is 0 Å². The highest BCUT2D eigenvalue weighted by atomic mass is 19.4. The summed E-state index contributed by atoms with van der Waals surface area (Å²) in [5.41, 5.74) is -0.378. The van der Waals surface area contributed by atoms with Gasteiger partial charge in [-0.3, -0.25) is 4.79 Å². The lowest BCUT2D eigenvalue weighted by atomic mass is 9.91. The fourth-order valence-electron chi connectivity index (χ4n) is 4.02. The van der Waals surface area contributed by atoms with Gasteiger partial charge in [0.2, 0.25) is 0 Å². The van der Waals surface area contributed by atoms with Gasteiger partial charge >= 0.3 is 6.18 Å². The van der Waals surface area contributed by atoms with Crippen molar-refractivity contribution in [2.24, 2.45) is 5.92 Å². The predicted molar refractivity (Wildman–Crippen MR) is 95.0 cm³/mol. The summed E-state index contributed by atoms with van der Waals surface area (Å²) >= 11 is 0. The van der Waals surface area contributed by atoms with Gasteiger partial charge in [0.15, 0.2) is 0 Å². The van der Waals surface area contributed by atoms with Gasteiger partial charge in [-0.2, -0.15) is 13.2 Å². The first-order valence-corrected chi connectivity index (χ1v) is 9.62. The minimum Gasteiger partial charge on any atom is -0.339 e. The molecule has 3 rings (SSSR count). The van der Waals surface area contributed by atoms with Crippen molar-refractivity contribution in [3.8, 4) is 0 Å². The number of piperidine rings is 1. The first-order valence-electron chi connectivity index (χ1n) is 9.62. The van der Waals surface area contributed by atoms with Crippen LogP contribution in [0.2, 0.25) is 0 Å². The molecule has 2 aliphatic rings. The number of nitrogens with zero attached hydrogens (tertiary/aromatic N) is 2. The summed E-state index contributed by atoms with van der Waals surface area (Å²) < 4.78 is 37.9. The number of carbonyl (C=O) groups is 1. The van der Waals surface area contributed by atoms with Crippen LogP contribution in [0.15, 0.2) is 24.3 Å². The molecule has 2 heterocycles. The third-order valence-electron chi connectivity index (χ3n) is 5.65. The van der Waals surface area contributed by atoms with E-state index in [1.165, 1.54) is 57.5 Å². The second-order valence-corrected chi connectivity index (χ2v) is 7.50. The number of hydrogen-bond donors (Lipinski definition) is 0. The van der Waals surface area contributed by atoms with E-state index in [-0.39, 0.29) is 5.91 Å². The second-order valence-electron chi connectivity index (χ2n) is 7.50. The topological polar surface area (TPSA) is 23.6 Å². The molecule has 0 spiro atoms. The highest BCUT2D eigenvalue weighted by Crippen LogP contribution is 2.29. The van der Waals surface area contributed by atoms with E-state index in [4.69, 9.17) is 0 Å². The monoisotopic (exact) mass is 368 g/mol. The summed E-state index contributed by atoms with van der Waals surface area (Å²) in [5, 5.41) is 0. The predicted octanol–water partition coefficient (Wildman–Crippen LogP) is 4.43. The van der Waals surface area contributed by atoms with Crippen molar-refractivity contribution in [1.82, 2.24) is 9.80 Å². The minimum absolute atomic E-state index is 0.158.